The van der Waals surface area contributed by atoms with Crippen LogP contribution in [0.15, 0.2) is 65.5 Å². The number of hydrogen-bond donors (Lipinski definition) is 1. The molecule has 0 aliphatic heterocycles. The summed E-state index contributed by atoms with van der Waals surface area (Å²) in [6.07, 6.45) is 0. The molecule has 0 unspecified atom stereocenters. The van der Waals surface area contributed by atoms with Gasteiger partial charge in [0.05, 0.1) is 12.8 Å². The second-order valence-corrected chi connectivity index (χ2v) is 6.29. The lowest BCUT2D eigenvalue weighted by Crippen LogP contribution is -2.33. The van der Waals surface area contributed by atoms with Crippen molar-refractivity contribution in [2.75, 3.05) is 7.11 Å². The molecular weight excluding hydrogens is 366 g/mol. The summed E-state index contributed by atoms with van der Waals surface area (Å²) in [5, 5.41) is 7.65. The first-order valence-electron chi connectivity index (χ1n) is 8.29. The number of nitrogens with zero attached hydrogens (tertiary/aromatic N) is 2. The summed E-state index contributed by atoms with van der Waals surface area (Å²) in [5.41, 5.74) is 1.96. The molecule has 0 fully saturated rings. The molecule has 0 atom stereocenters. The zero-order valence-electron chi connectivity index (χ0n) is 14.7. The van der Waals surface area contributed by atoms with Crippen LogP contribution >= 0.6 is 11.6 Å². The van der Waals surface area contributed by atoms with Gasteiger partial charge in [0.2, 0.25) is 5.91 Å². The predicted molar refractivity (Wildman–Crippen MR) is 104 cm³/mol. The number of carbonyl (C=O) groups is 1. The zero-order valence-corrected chi connectivity index (χ0v) is 15.4. The average Bonchev–Trinajstić information content (AvgIpc) is 2.68. The molecule has 0 radical (unpaired) electrons. The average molecular weight is 384 g/mol. The van der Waals surface area contributed by atoms with E-state index >= 15 is 0 Å². The number of rotatable bonds is 6. The van der Waals surface area contributed by atoms with Crippen molar-refractivity contribution in [1.82, 2.24) is 15.1 Å². The van der Waals surface area contributed by atoms with Crippen molar-refractivity contribution in [3.05, 3.63) is 81.6 Å². The summed E-state index contributed by atoms with van der Waals surface area (Å²) in [7, 11) is 1.59. The van der Waals surface area contributed by atoms with Crippen molar-refractivity contribution in [2.45, 2.75) is 13.1 Å². The number of hydrogen-bond acceptors (Lipinski definition) is 4. The molecule has 0 spiro atoms. The van der Waals surface area contributed by atoms with Crippen molar-refractivity contribution in [3.63, 3.8) is 0 Å². The standard InChI is InChI=1S/C20H18ClN3O3/c1-27-17-7-5-15(6-8-17)18-9-10-20(26)24(23-18)13-19(25)22-12-14-3-2-4-16(21)11-14/h2-11H,12-13H2,1H3,(H,22,25). The summed E-state index contributed by atoms with van der Waals surface area (Å²) in [6, 6.07) is 17.5. The summed E-state index contributed by atoms with van der Waals surface area (Å²) in [4.78, 5) is 24.2. The van der Waals surface area contributed by atoms with Gasteiger partial charge in [-0.2, -0.15) is 5.10 Å². The third-order valence-electron chi connectivity index (χ3n) is 3.92. The van der Waals surface area contributed by atoms with Gasteiger partial charge in [-0.3, -0.25) is 9.59 Å². The quantitative estimate of drug-likeness (QED) is 0.710. The Balaban J connectivity index is 1.70. The Kier molecular flexibility index (Phi) is 5.88. The van der Waals surface area contributed by atoms with Gasteiger partial charge < -0.3 is 10.1 Å². The van der Waals surface area contributed by atoms with Crippen LogP contribution in [0.5, 0.6) is 5.75 Å². The SMILES string of the molecule is COc1ccc(-c2ccc(=O)n(CC(=O)NCc3cccc(Cl)c3)n2)cc1. The lowest BCUT2D eigenvalue weighted by Gasteiger charge is -2.09. The van der Waals surface area contributed by atoms with E-state index in [4.69, 9.17) is 16.3 Å². The molecule has 6 nitrogen and oxygen atoms in total. The van der Waals surface area contributed by atoms with Gasteiger partial charge in [0.25, 0.3) is 5.56 Å². The molecule has 0 aliphatic rings. The van der Waals surface area contributed by atoms with Crippen LogP contribution in [0.1, 0.15) is 5.56 Å². The molecule has 2 aromatic carbocycles. The predicted octanol–water partition coefficient (Wildman–Crippen LogP) is 2.89. The molecule has 0 aliphatic carbocycles. The van der Waals surface area contributed by atoms with Gasteiger partial charge in [-0.05, 0) is 48.0 Å². The largest absolute Gasteiger partial charge is 0.497 e. The first-order chi connectivity index (χ1) is 13.0. The molecule has 1 N–H and O–H groups in total. The van der Waals surface area contributed by atoms with Crippen molar-refractivity contribution in [1.29, 1.82) is 0 Å². The molecule has 0 bridgehead atoms. The molecular formula is C20H18ClN3O3. The third-order valence-corrected chi connectivity index (χ3v) is 4.16. The fourth-order valence-corrected chi connectivity index (χ4v) is 2.73. The number of ether oxygens (including phenoxy) is 1. The van der Waals surface area contributed by atoms with Gasteiger partial charge in [0, 0.05) is 23.2 Å². The third kappa shape index (κ3) is 4.95. The van der Waals surface area contributed by atoms with Crippen LogP contribution in [-0.4, -0.2) is 22.8 Å². The molecule has 3 rings (SSSR count). The van der Waals surface area contributed by atoms with Gasteiger partial charge in [0.1, 0.15) is 12.3 Å². The van der Waals surface area contributed by atoms with Crippen LogP contribution in [0.25, 0.3) is 11.3 Å². The van der Waals surface area contributed by atoms with Gasteiger partial charge >= 0.3 is 0 Å². The molecule has 0 saturated heterocycles. The Morgan fingerprint density at radius 3 is 2.63 bits per heavy atom. The van der Waals surface area contributed by atoms with E-state index in [2.05, 4.69) is 10.4 Å². The summed E-state index contributed by atoms with van der Waals surface area (Å²) >= 11 is 5.93. The number of nitrogens with one attached hydrogen (secondary N) is 1. The Bertz CT molecular complexity index is 1000. The lowest BCUT2D eigenvalue weighted by molar-refractivity contribution is -0.122. The minimum absolute atomic E-state index is 0.163. The van der Waals surface area contributed by atoms with E-state index in [1.54, 1.807) is 25.3 Å². The maximum Gasteiger partial charge on any atom is 0.267 e. The topological polar surface area (TPSA) is 73.2 Å². The Morgan fingerprint density at radius 2 is 1.93 bits per heavy atom. The minimum Gasteiger partial charge on any atom is -0.497 e. The van der Waals surface area contributed by atoms with Gasteiger partial charge in [-0.25, -0.2) is 4.68 Å². The molecule has 1 heterocycles. The highest BCUT2D eigenvalue weighted by atomic mass is 35.5. The molecule has 138 valence electrons. The number of amides is 1. The van der Waals surface area contributed by atoms with Crippen LogP contribution in [0.3, 0.4) is 0 Å². The lowest BCUT2D eigenvalue weighted by atomic mass is 10.1. The van der Waals surface area contributed by atoms with E-state index in [1.165, 1.54) is 6.07 Å². The molecule has 27 heavy (non-hydrogen) atoms. The first kappa shape index (κ1) is 18.7. The summed E-state index contributed by atoms with van der Waals surface area (Å²) in [6.45, 7) is 0.162. The van der Waals surface area contributed by atoms with Crippen LogP contribution in [0.2, 0.25) is 5.02 Å². The Morgan fingerprint density at radius 1 is 1.15 bits per heavy atom. The van der Waals surface area contributed by atoms with E-state index in [1.807, 2.05) is 36.4 Å². The number of halogens is 1. The van der Waals surface area contributed by atoms with E-state index in [0.717, 1.165) is 21.6 Å². The number of carbonyl (C=O) groups excluding carboxylic acids is 1. The van der Waals surface area contributed by atoms with Crippen LogP contribution in [-0.2, 0) is 17.9 Å². The molecule has 1 aromatic heterocycles. The number of methoxy groups -OCH3 is 1. The van der Waals surface area contributed by atoms with Gasteiger partial charge in [0.15, 0.2) is 0 Å². The van der Waals surface area contributed by atoms with Crippen molar-refractivity contribution >= 4 is 17.5 Å². The van der Waals surface area contributed by atoms with E-state index in [9.17, 15) is 9.59 Å². The summed E-state index contributed by atoms with van der Waals surface area (Å²) in [5.74, 6) is 0.420. The fraction of sp³-hybridized carbons (Fsp3) is 0.150. The highest BCUT2D eigenvalue weighted by Gasteiger charge is 2.08. The summed E-state index contributed by atoms with van der Waals surface area (Å²) < 4.78 is 6.28. The Hall–Kier alpha value is -3.12. The number of benzene rings is 2. The normalized spacial score (nSPS) is 10.4. The van der Waals surface area contributed by atoms with Crippen LogP contribution < -0.4 is 15.6 Å². The maximum atomic E-state index is 12.2. The highest BCUT2D eigenvalue weighted by molar-refractivity contribution is 6.30. The molecule has 1 amide bonds. The van der Waals surface area contributed by atoms with Crippen molar-refractivity contribution in [3.8, 4) is 17.0 Å². The highest BCUT2D eigenvalue weighted by Crippen LogP contribution is 2.19. The van der Waals surface area contributed by atoms with Crippen molar-refractivity contribution < 1.29 is 9.53 Å². The monoisotopic (exact) mass is 383 g/mol. The van der Waals surface area contributed by atoms with Crippen molar-refractivity contribution in [2.24, 2.45) is 0 Å². The van der Waals surface area contributed by atoms with E-state index in [-0.39, 0.29) is 18.0 Å². The number of aromatic nitrogens is 2. The first-order valence-corrected chi connectivity index (χ1v) is 8.67. The maximum absolute atomic E-state index is 12.2. The van der Waals surface area contributed by atoms with E-state index in [0.29, 0.717) is 17.3 Å². The van der Waals surface area contributed by atoms with Gasteiger partial charge in [-0.15, -0.1) is 0 Å². The molecule has 7 heteroatoms. The van der Waals surface area contributed by atoms with Crippen LogP contribution in [0, 0.1) is 0 Å². The zero-order chi connectivity index (χ0) is 19.2. The smallest absolute Gasteiger partial charge is 0.267 e. The second kappa shape index (κ2) is 8.51. The minimum atomic E-state index is -0.342. The second-order valence-electron chi connectivity index (χ2n) is 5.85. The van der Waals surface area contributed by atoms with Crippen LogP contribution in [0.4, 0.5) is 0 Å². The fourth-order valence-electron chi connectivity index (χ4n) is 2.52. The molecule has 0 saturated carbocycles. The Labute approximate surface area is 161 Å². The van der Waals surface area contributed by atoms with Gasteiger partial charge in [-0.1, -0.05) is 23.7 Å². The van der Waals surface area contributed by atoms with E-state index < -0.39 is 0 Å². The molecule has 3 aromatic rings.